The van der Waals surface area contributed by atoms with Crippen LogP contribution in [0.4, 0.5) is 0 Å². The Hall–Kier alpha value is -1.44. The first kappa shape index (κ1) is 11.1. The summed E-state index contributed by atoms with van der Waals surface area (Å²) in [5.74, 6) is -0.122. The van der Waals surface area contributed by atoms with Crippen molar-refractivity contribution in [2.75, 3.05) is 0 Å². The van der Waals surface area contributed by atoms with Gasteiger partial charge in [0.25, 0.3) is 0 Å². The van der Waals surface area contributed by atoms with Gasteiger partial charge in [-0.25, -0.2) is 0 Å². The number of hydrogen-bond donors (Lipinski definition) is 0. The Kier molecular flexibility index (Phi) is 3.18. The van der Waals surface area contributed by atoms with Crippen molar-refractivity contribution >= 4 is 11.6 Å². The Labute approximate surface area is 95.7 Å². The van der Waals surface area contributed by atoms with Gasteiger partial charge in [0.1, 0.15) is 5.78 Å². The van der Waals surface area contributed by atoms with E-state index in [4.69, 9.17) is 0 Å². The summed E-state index contributed by atoms with van der Waals surface area (Å²) < 4.78 is 0. The van der Waals surface area contributed by atoms with Gasteiger partial charge in [0.05, 0.1) is 6.42 Å². The molecule has 0 N–H and O–H groups in total. The Balaban J connectivity index is 2.23. The van der Waals surface area contributed by atoms with Crippen LogP contribution < -0.4 is 0 Å². The number of fused-ring (bicyclic) bond motifs is 1. The normalized spacial score (nSPS) is 14.3. The maximum absolute atomic E-state index is 11.7. The molecule has 0 unspecified atom stereocenters. The molecule has 0 spiro atoms. The molecule has 0 radical (unpaired) electrons. The minimum absolute atomic E-state index is 0.0266. The number of benzene rings is 1. The highest BCUT2D eigenvalue weighted by Crippen LogP contribution is 2.22. The molecular weight excluding hydrogens is 200 g/mol. The van der Waals surface area contributed by atoms with E-state index in [1.54, 1.807) is 0 Å². The molecule has 2 rings (SSSR count). The number of carbonyl (C=O) groups is 2. The Morgan fingerprint density at radius 2 is 1.81 bits per heavy atom. The van der Waals surface area contributed by atoms with Crippen molar-refractivity contribution in [3.05, 3.63) is 34.9 Å². The summed E-state index contributed by atoms with van der Waals surface area (Å²) in [6.07, 6.45) is 4.66. The predicted octanol–water partition coefficient (Wildman–Crippen LogP) is 2.73. The second kappa shape index (κ2) is 4.60. The number of Topliss-reactive ketones (excluding diaryl/α,β-unsaturated/α-hetero) is 2. The van der Waals surface area contributed by atoms with E-state index in [1.807, 2.05) is 18.2 Å². The van der Waals surface area contributed by atoms with Crippen LogP contribution in [0, 0.1) is 0 Å². The van der Waals surface area contributed by atoms with Gasteiger partial charge in [-0.1, -0.05) is 12.1 Å². The zero-order valence-electron chi connectivity index (χ0n) is 9.58. The molecule has 2 nitrogen and oxygen atoms in total. The molecule has 0 aliphatic heterocycles. The smallest absolute Gasteiger partial charge is 0.170 e. The van der Waals surface area contributed by atoms with Crippen molar-refractivity contribution in [3.8, 4) is 0 Å². The van der Waals surface area contributed by atoms with Gasteiger partial charge in [-0.05, 0) is 49.8 Å². The fraction of sp³-hybridized carbons (Fsp3) is 0.429. The minimum Gasteiger partial charge on any atom is -0.300 e. The Morgan fingerprint density at radius 1 is 1.12 bits per heavy atom. The first-order chi connectivity index (χ1) is 7.66. The molecule has 1 aliphatic rings. The van der Waals surface area contributed by atoms with Crippen LogP contribution in [-0.4, -0.2) is 11.6 Å². The van der Waals surface area contributed by atoms with Gasteiger partial charge in [-0.15, -0.1) is 0 Å². The van der Waals surface area contributed by atoms with Crippen molar-refractivity contribution in [3.63, 3.8) is 0 Å². The molecular formula is C14H16O2. The second-order valence-corrected chi connectivity index (χ2v) is 4.49. The number of ketones is 2. The molecule has 84 valence electrons. The molecule has 0 saturated carbocycles. The highest BCUT2D eigenvalue weighted by Gasteiger charge is 2.13. The van der Waals surface area contributed by atoms with E-state index in [1.165, 1.54) is 30.9 Å². The molecule has 1 aromatic rings. The van der Waals surface area contributed by atoms with Gasteiger partial charge in [-0.3, -0.25) is 9.59 Å². The Morgan fingerprint density at radius 3 is 2.50 bits per heavy atom. The summed E-state index contributed by atoms with van der Waals surface area (Å²) in [6.45, 7) is 1.45. The van der Waals surface area contributed by atoms with Crippen LogP contribution in [0.1, 0.15) is 47.7 Å². The van der Waals surface area contributed by atoms with E-state index in [2.05, 4.69) is 0 Å². The molecule has 2 heteroatoms. The van der Waals surface area contributed by atoms with Gasteiger partial charge >= 0.3 is 0 Å². The summed E-state index contributed by atoms with van der Waals surface area (Å²) in [7, 11) is 0. The fourth-order valence-electron chi connectivity index (χ4n) is 2.24. The number of aryl methyl sites for hydroxylation is 2. The van der Waals surface area contributed by atoms with E-state index in [0.29, 0.717) is 5.56 Å². The summed E-state index contributed by atoms with van der Waals surface area (Å²) in [5, 5.41) is 0. The molecule has 0 bridgehead atoms. The van der Waals surface area contributed by atoms with E-state index < -0.39 is 0 Å². The molecule has 1 aromatic carbocycles. The minimum atomic E-state index is -0.0669. The number of rotatable bonds is 3. The number of hydrogen-bond acceptors (Lipinski definition) is 2. The van der Waals surface area contributed by atoms with Crippen molar-refractivity contribution in [1.82, 2.24) is 0 Å². The van der Waals surface area contributed by atoms with Crippen LogP contribution in [0.15, 0.2) is 18.2 Å². The third kappa shape index (κ3) is 2.38. The fourth-order valence-corrected chi connectivity index (χ4v) is 2.24. The summed E-state index contributed by atoms with van der Waals surface area (Å²) in [5.41, 5.74) is 3.35. The first-order valence-corrected chi connectivity index (χ1v) is 5.81. The highest BCUT2D eigenvalue weighted by atomic mass is 16.1. The molecule has 0 amide bonds. The van der Waals surface area contributed by atoms with E-state index in [0.717, 1.165) is 12.8 Å². The topological polar surface area (TPSA) is 34.1 Å². The third-order valence-corrected chi connectivity index (χ3v) is 3.08. The third-order valence-electron chi connectivity index (χ3n) is 3.08. The maximum atomic E-state index is 11.7. The maximum Gasteiger partial charge on any atom is 0.170 e. The summed E-state index contributed by atoms with van der Waals surface area (Å²) in [6, 6.07) is 5.87. The van der Waals surface area contributed by atoms with Gasteiger partial charge in [-0.2, -0.15) is 0 Å². The molecule has 16 heavy (non-hydrogen) atoms. The lowest BCUT2D eigenvalue weighted by Crippen LogP contribution is -2.08. The summed E-state index contributed by atoms with van der Waals surface area (Å²) in [4.78, 5) is 22.6. The van der Waals surface area contributed by atoms with Crippen molar-refractivity contribution in [1.29, 1.82) is 0 Å². The number of carbonyl (C=O) groups excluding carboxylic acids is 2. The molecule has 0 fully saturated rings. The molecule has 0 aromatic heterocycles. The quantitative estimate of drug-likeness (QED) is 0.575. The molecule has 0 saturated heterocycles. The Bertz CT molecular complexity index is 432. The standard InChI is InChI=1S/C14H16O2/c1-10(15)8-14(16)13-7-6-11-4-2-3-5-12(11)9-13/h6-7,9H,2-5,8H2,1H3. The average Bonchev–Trinajstić information content (AvgIpc) is 2.27. The van der Waals surface area contributed by atoms with Crippen molar-refractivity contribution < 1.29 is 9.59 Å². The van der Waals surface area contributed by atoms with Crippen LogP contribution >= 0.6 is 0 Å². The molecule has 0 heterocycles. The predicted molar refractivity (Wildman–Crippen MR) is 62.7 cm³/mol. The second-order valence-electron chi connectivity index (χ2n) is 4.49. The SMILES string of the molecule is CC(=O)CC(=O)c1ccc2c(c1)CCCC2. The van der Waals surface area contributed by atoms with Crippen LogP contribution in [0.2, 0.25) is 0 Å². The average molecular weight is 216 g/mol. The van der Waals surface area contributed by atoms with Crippen LogP contribution in [0.5, 0.6) is 0 Å². The lowest BCUT2D eigenvalue weighted by molar-refractivity contribution is -0.116. The zero-order valence-corrected chi connectivity index (χ0v) is 9.58. The van der Waals surface area contributed by atoms with Crippen molar-refractivity contribution in [2.24, 2.45) is 0 Å². The zero-order chi connectivity index (χ0) is 11.5. The monoisotopic (exact) mass is 216 g/mol. The summed E-state index contributed by atoms with van der Waals surface area (Å²) >= 11 is 0. The van der Waals surface area contributed by atoms with E-state index in [-0.39, 0.29) is 18.0 Å². The van der Waals surface area contributed by atoms with Crippen LogP contribution in [0.3, 0.4) is 0 Å². The van der Waals surface area contributed by atoms with Gasteiger partial charge in [0.2, 0.25) is 0 Å². The largest absolute Gasteiger partial charge is 0.300 e. The van der Waals surface area contributed by atoms with E-state index >= 15 is 0 Å². The van der Waals surface area contributed by atoms with Crippen molar-refractivity contribution in [2.45, 2.75) is 39.0 Å². The highest BCUT2D eigenvalue weighted by molar-refractivity contribution is 6.07. The van der Waals surface area contributed by atoms with Crippen LogP contribution in [0.25, 0.3) is 0 Å². The van der Waals surface area contributed by atoms with E-state index in [9.17, 15) is 9.59 Å². The van der Waals surface area contributed by atoms with Crippen LogP contribution in [-0.2, 0) is 17.6 Å². The first-order valence-electron chi connectivity index (χ1n) is 5.81. The molecule has 1 aliphatic carbocycles. The van der Waals surface area contributed by atoms with Gasteiger partial charge in [0, 0.05) is 5.56 Å². The lowest BCUT2D eigenvalue weighted by Gasteiger charge is -2.16. The molecule has 0 atom stereocenters. The lowest BCUT2D eigenvalue weighted by atomic mass is 9.89. The van der Waals surface area contributed by atoms with Gasteiger partial charge < -0.3 is 0 Å². The van der Waals surface area contributed by atoms with Gasteiger partial charge in [0.15, 0.2) is 5.78 Å².